The van der Waals surface area contributed by atoms with Gasteiger partial charge in [0.25, 0.3) is 12.3 Å². The fourth-order valence-electron chi connectivity index (χ4n) is 0.838. The van der Waals surface area contributed by atoms with E-state index in [-0.39, 0.29) is 5.95 Å². The Bertz CT molecular complexity index is 322. The van der Waals surface area contributed by atoms with Gasteiger partial charge in [0.1, 0.15) is 0 Å². The largest absolute Gasteiger partial charge is 0.469 e. The number of hydrogen-bond acceptors (Lipinski definition) is 4. The molecule has 0 spiro atoms. The average molecular weight is 221 g/mol. The number of hydrogen-bond donors (Lipinski definition) is 1. The number of nitrogens with one attached hydrogen (secondary N) is 1. The Morgan fingerprint density at radius 2 is 2.27 bits per heavy atom. The van der Waals surface area contributed by atoms with Crippen molar-refractivity contribution in [1.82, 2.24) is 9.97 Å². The Balaban J connectivity index is 2.71. The van der Waals surface area contributed by atoms with Crippen LogP contribution in [0.4, 0.5) is 19.1 Å². The van der Waals surface area contributed by atoms with E-state index in [2.05, 4.69) is 20.0 Å². The Hall–Kier alpha value is -1.53. The number of nitrogens with zero attached hydrogens (tertiary/aromatic N) is 2. The van der Waals surface area contributed by atoms with Gasteiger partial charge in [0.2, 0.25) is 11.8 Å². The molecule has 84 valence electrons. The van der Waals surface area contributed by atoms with Crippen LogP contribution in [-0.2, 0) is 0 Å². The summed E-state index contributed by atoms with van der Waals surface area (Å²) in [6, 6.07) is 0. The highest BCUT2D eigenvalue weighted by Gasteiger charge is 2.10. The maximum atomic E-state index is 12.9. The van der Waals surface area contributed by atoms with Crippen LogP contribution in [0.1, 0.15) is 6.92 Å². The van der Waals surface area contributed by atoms with Crippen molar-refractivity contribution in [2.45, 2.75) is 13.3 Å². The molecule has 0 aromatic carbocycles. The van der Waals surface area contributed by atoms with Crippen LogP contribution in [0, 0.1) is 5.82 Å². The van der Waals surface area contributed by atoms with Gasteiger partial charge in [-0.15, -0.1) is 0 Å². The first-order valence-electron chi connectivity index (χ1n) is 4.30. The van der Waals surface area contributed by atoms with Crippen LogP contribution in [0.15, 0.2) is 6.20 Å². The molecule has 1 N–H and O–H groups in total. The summed E-state index contributed by atoms with van der Waals surface area (Å²) in [7, 11) is 0. The highest BCUT2D eigenvalue weighted by Crippen LogP contribution is 2.14. The lowest BCUT2D eigenvalue weighted by atomic mass is 10.6. The van der Waals surface area contributed by atoms with E-state index in [1.165, 1.54) is 0 Å². The Morgan fingerprint density at radius 1 is 1.53 bits per heavy atom. The van der Waals surface area contributed by atoms with Gasteiger partial charge < -0.3 is 10.1 Å². The minimum atomic E-state index is -2.66. The second-order valence-corrected chi connectivity index (χ2v) is 2.58. The zero-order valence-electron chi connectivity index (χ0n) is 8.01. The molecule has 0 atom stereocenters. The zero-order valence-corrected chi connectivity index (χ0v) is 8.01. The topological polar surface area (TPSA) is 47.0 Å². The third-order valence-electron chi connectivity index (χ3n) is 1.39. The van der Waals surface area contributed by atoms with Crippen molar-refractivity contribution in [2.24, 2.45) is 0 Å². The Morgan fingerprint density at radius 3 is 2.87 bits per heavy atom. The molecule has 0 saturated carbocycles. The third kappa shape index (κ3) is 3.61. The summed E-state index contributed by atoms with van der Waals surface area (Å²) in [6.07, 6.45) is -1.80. The van der Waals surface area contributed by atoms with E-state index in [1.807, 2.05) is 0 Å². The average Bonchev–Trinajstić information content (AvgIpc) is 2.19. The van der Waals surface area contributed by atoms with E-state index in [1.54, 1.807) is 6.92 Å². The van der Waals surface area contributed by atoms with E-state index < -0.39 is 24.7 Å². The van der Waals surface area contributed by atoms with Gasteiger partial charge in [-0.1, -0.05) is 0 Å². The van der Waals surface area contributed by atoms with Crippen molar-refractivity contribution in [3.05, 3.63) is 12.0 Å². The number of halogens is 3. The highest BCUT2D eigenvalue weighted by molar-refractivity contribution is 5.27. The molecule has 0 aliphatic heterocycles. The molecular formula is C8H10F3N3O. The van der Waals surface area contributed by atoms with E-state index in [0.717, 1.165) is 6.20 Å². The predicted molar refractivity (Wildman–Crippen MR) is 47.7 cm³/mol. The van der Waals surface area contributed by atoms with E-state index in [0.29, 0.717) is 6.54 Å². The summed E-state index contributed by atoms with van der Waals surface area (Å²) in [5.41, 5.74) is 0. The van der Waals surface area contributed by atoms with Gasteiger partial charge in [-0.3, -0.25) is 0 Å². The lowest BCUT2D eigenvalue weighted by molar-refractivity contribution is 0.0773. The quantitative estimate of drug-likeness (QED) is 0.821. The molecule has 0 bridgehead atoms. The fourth-order valence-corrected chi connectivity index (χ4v) is 0.838. The standard InChI is InChI=1S/C8H10F3N3O/c1-2-12-8-13-3-5(9)7(14-8)15-4-6(10)11/h3,6H,2,4H2,1H3,(H,12,13,14). The van der Waals surface area contributed by atoms with Gasteiger partial charge in [-0.05, 0) is 6.92 Å². The van der Waals surface area contributed by atoms with Gasteiger partial charge in [0.05, 0.1) is 6.20 Å². The van der Waals surface area contributed by atoms with Crippen molar-refractivity contribution in [1.29, 1.82) is 0 Å². The Kier molecular flexibility index (Phi) is 4.14. The minimum absolute atomic E-state index is 0.142. The lowest BCUT2D eigenvalue weighted by Gasteiger charge is -2.07. The molecule has 7 heteroatoms. The number of rotatable bonds is 5. The second kappa shape index (κ2) is 5.38. The second-order valence-electron chi connectivity index (χ2n) is 2.58. The van der Waals surface area contributed by atoms with Crippen LogP contribution in [0.3, 0.4) is 0 Å². The molecule has 0 unspecified atom stereocenters. The smallest absolute Gasteiger partial charge is 0.272 e. The van der Waals surface area contributed by atoms with Crippen LogP contribution in [-0.4, -0.2) is 29.5 Å². The molecular weight excluding hydrogens is 211 g/mol. The first kappa shape index (κ1) is 11.5. The molecule has 1 aromatic rings. The molecule has 1 heterocycles. The third-order valence-corrected chi connectivity index (χ3v) is 1.39. The molecule has 0 saturated heterocycles. The molecule has 1 aromatic heterocycles. The first-order chi connectivity index (χ1) is 7.13. The number of aromatic nitrogens is 2. The molecule has 1 rings (SSSR count). The van der Waals surface area contributed by atoms with Gasteiger partial charge in [-0.2, -0.15) is 9.37 Å². The Labute approximate surface area is 84.5 Å². The summed E-state index contributed by atoms with van der Waals surface area (Å²) in [6.45, 7) is 1.45. The van der Waals surface area contributed by atoms with Crippen molar-refractivity contribution >= 4 is 5.95 Å². The monoisotopic (exact) mass is 221 g/mol. The maximum absolute atomic E-state index is 12.9. The molecule has 15 heavy (non-hydrogen) atoms. The van der Waals surface area contributed by atoms with E-state index in [9.17, 15) is 13.2 Å². The van der Waals surface area contributed by atoms with E-state index in [4.69, 9.17) is 0 Å². The molecule has 0 aliphatic rings. The van der Waals surface area contributed by atoms with Crippen LogP contribution >= 0.6 is 0 Å². The highest BCUT2D eigenvalue weighted by atomic mass is 19.3. The van der Waals surface area contributed by atoms with Crippen molar-refractivity contribution in [3.8, 4) is 5.88 Å². The van der Waals surface area contributed by atoms with Gasteiger partial charge in [0, 0.05) is 6.54 Å². The summed E-state index contributed by atoms with van der Waals surface area (Å²) in [5.74, 6) is -1.19. The summed E-state index contributed by atoms with van der Waals surface area (Å²) in [4.78, 5) is 7.17. The molecule has 0 amide bonds. The molecule has 0 radical (unpaired) electrons. The summed E-state index contributed by atoms with van der Waals surface area (Å²) >= 11 is 0. The molecule has 4 nitrogen and oxygen atoms in total. The fraction of sp³-hybridized carbons (Fsp3) is 0.500. The van der Waals surface area contributed by atoms with Gasteiger partial charge in [-0.25, -0.2) is 13.8 Å². The van der Waals surface area contributed by atoms with E-state index >= 15 is 0 Å². The minimum Gasteiger partial charge on any atom is -0.469 e. The number of alkyl halides is 2. The lowest BCUT2D eigenvalue weighted by Crippen LogP contribution is -2.11. The van der Waals surface area contributed by atoms with Gasteiger partial charge >= 0.3 is 0 Å². The molecule has 0 fully saturated rings. The number of ether oxygens (including phenoxy) is 1. The van der Waals surface area contributed by atoms with Crippen LogP contribution < -0.4 is 10.1 Å². The van der Waals surface area contributed by atoms with Crippen molar-refractivity contribution in [2.75, 3.05) is 18.5 Å². The SMILES string of the molecule is CCNc1ncc(F)c(OCC(F)F)n1. The summed E-state index contributed by atoms with van der Waals surface area (Å²) in [5, 5.41) is 2.71. The van der Waals surface area contributed by atoms with Crippen molar-refractivity contribution in [3.63, 3.8) is 0 Å². The van der Waals surface area contributed by atoms with Gasteiger partial charge in [0.15, 0.2) is 6.61 Å². The zero-order chi connectivity index (χ0) is 11.3. The normalized spacial score (nSPS) is 10.5. The number of anilines is 1. The predicted octanol–water partition coefficient (Wildman–Crippen LogP) is 1.69. The van der Waals surface area contributed by atoms with Crippen LogP contribution in [0.25, 0.3) is 0 Å². The first-order valence-corrected chi connectivity index (χ1v) is 4.30. The molecule has 0 aliphatic carbocycles. The maximum Gasteiger partial charge on any atom is 0.272 e. The van der Waals surface area contributed by atoms with Crippen LogP contribution in [0.2, 0.25) is 0 Å². The summed E-state index contributed by atoms with van der Waals surface area (Å²) < 4.78 is 41.0. The van der Waals surface area contributed by atoms with Crippen molar-refractivity contribution < 1.29 is 17.9 Å². The van der Waals surface area contributed by atoms with Crippen LogP contribution in [0.5, 0.6) is 5.88 Å².